The number of aromatic nitrogens is 1. The number of rotatable bonds is 2. The molecule has 0 radical (unpaired) electrons. The Hall–Kier alpha value is -2.37. The smallest absolute Gasteiger partial charge is 0.417 e. The normalized spacial score (nSPS) is 11.3. The van der Waals surface area contributed by atoms with Crippen molar-refractivity contribution in [2.24, 2.45) is 0 Å². The van der Waals surface area contributed by atoms with Gasteiger partial charge in [0.05, 0.1) is 5.56 Å². The van der Waals surface area contributed by atoms with Gasteiger partial charge >= 0.3 is 12.1 Å². The minimum Gasteiger partial charge on any atom is -0.477 e. The van der Waals surface area contributed by atoms with Crippen LogP contribution in [0.2, 0.25) is 0 Å². The van der Waals surface area contributed by atoms with Gasteiger partial charge in [-0.1, -0.05) is 18.2 Å². The molecular formula is C13H8F3NO2. The highest BCUT2D eigenvalue weighted by Crippen LogP contribution is 2.36. The topological polar surface area (TPSA) is 50.2 Å². The summed E-state index contributed by atoms with van der Waals surface area (Å²) < 4.78 is 38.6. The van der Waals surface area contributed by atoms with E-state index in [-0.39, 0.29) is 16.8 Å². The maximum Gasteiger partial charge on any atom is 0.417 e. The molecule has 1 aromatic carbocycles. The summed E-state index contributed by atoms with van der Waals surface area (Å²) in [5, 5.41) is 8.80. The lowest BCUT2D eigenvalue weighted by Gasteiger charge is -2.12. The molecule has 2 rings (SSSR count). The molecule has 0 spiro atoms. The molecule has 3 nitrogen and oxygen atoms in total. The first kappa shape index (κ1) is 13.1. The molecule has 0 aliphatic carbocycles. The number of hydrogen-bond acceptors (Lipinski definition) is 2. The van der Waals surface area contributed by atoms with E-state index in [9.17, 15) is 18.0 Å². The third-order valence-electron chi connectivity index (χ3n) is 2.52. The first-order chi connectivity index (χ1) is 8.89. The highest BCUT2D eigenvalue weighted by Gasteiger charge is 2.33. The Morgan fingerprint density at radius 3 is 2.47 bits per heavy atom. The Kier molecular flexibility index (Phi) is 3.25. The summed E-state index contributed by atoms with van der Waals surface area (Å²) in [6.07, 6.45) is -3.32. The standard InChI is InChI=1S/C13H8F3NO2/c14-13(15,16)10-4-2-1-3-9(10)8-5-6-17-11(7-8)12(18)19/h1-7H,(H,18,19). The van der Waals surface area contributed by atoms with Crippen molar-refractivity contribution in [1.82, 2.24) is 4.98 Å². The van der Waals surface area contributed by atoms with Crippen LogP contribution in [0.3, 0.4) is 0 Å². The van der Waals surface area contributed by atoms with Gasteiger partial charge in [0.25, 0.3) is 0 Å². The van der Waals surface area contributed by atoms with E-state index >= 15 is 0 Å². The van der Waals surface area contributed by atoms with Gasteiger partial charge in [0.1, 0.15) is 5.69 Å². The lowest BCUT2D eigenvalue weighted by Crippen LogP contribution is -2.07. The highest BCUT2D eigenvalue weighted by molar-refractivity contribution is 5.87. The zero-order chi connectivity index (χ0) is 14.0. The van der Waals surface area contributed by atoms with Gasteiger partial charge in [-0.25, -0.2) is 9.78 Å². The van der Waals surface area contributed by atoms with E-state index in [0.29, 0.717) is 0 Å². The zero-order valence-electron chi connectivity index (χ0n) is 9.48. The van der Waals surface area contributed by atoms with Crippen LogP contribution in [0.15, 0.2) is 42.6 Å². The van der Waals surface area contributed by atoms with Crippen molar-refractivity contribution in [2.75, 3.05) is 0 Å². The minimum atomic E-state index is -4.50. The van der Waals surface area contributed by atoms with Gasteiger partial charge in [-0.3, -0.25) is 0 Å². The number of carbonyl (C=O) groups is 1. The summed E-state index contributed by atoms with van der Waals surface area (Å²) >= 11 is 0. The van der Waals surface area contributed by atoms with E-state index in [1.807, 2.05) is 0 Å². The van der Waals surface area contributed by atoms with Gasteiger partial charge < -0.3 is 5.11 Å². The zero-order valence-corrected chi connectivity index (χ0v) is 9.48. The van der Waals surface area contributed by atoms with Crippen LogP contribution in [0.1, 0.15) is 16.1 Å². The number of aromatic carboxylic acids is 1. The molecular weight excluding hydrogens is 259 g/mol. The van der Waals surface area contributed by atoms with Crippen LogP contribution >= 0.6 is 0 Å². The van der Waals surface area contributed by atoms with Crippen LogP contribution in [0.5, 0.6) is 0 Å². The molecule has 1 heterocycles. The molecule has 1 N–H and O–H groups in total. The van der Waals surface area contributed by atoms with Crippen molar-refractivity contribution in [3.63, 3.8) is 0 Å². The summed E-state index contributed by atoms with van der Waals surface area (Å²) in [6, 6.07) is 7.46. The van der Waals surface area contributed by atoms with E-state index < -0.39 is 17.7 Å². The highest BCUT2D eigenvalue weighted by atomic mass is 19.4. The molecule has 2 aromatic rings. The Balaban J connectivity index is 2.60. The van der Waals surface area contributed by atoms with Crippen molar-refractivity contribution >= 4 is 5.97 Å². The maximum absolute atomic E-state index is 12.9. The third-order valence-corrected chi connectivity index (χ3v) is 2.52. The van der Waals surface area contributed by atoms with Crippen molar-refractivity contribution in [3.05, 3.63) is 53.9 Å². The first-order valence-corrected chi connectivity index (χ1v) is 5.25. The fraction of sp³-hybridized carbons (Fsp3) is 0.0769. The quantitative estimate of drug-likeness (QED) is 0.906. The van der Waals surface area contributed by atoms with Crippen molar-refractivity contribution in [1.29, 1.82) is 0 Å². The Morgan fingerprint density at radius 1 is 1.16 bits per heavy atom. The molecule has 1 aromatic heterocycles. The third kappa shape index (κ3) is 2.73. The SMILES string of the molecule is O=C(O)c1cc(-c2ccccc2C(F)(F)F)ccn1. The van der Waals surface area contributed by atoms with E-state index in [4.69, 9.17) is 5.11 Å². The van der Waals surface area contributed by atoms with Crippen molar-refractivity contribution in [2.45, 2.75) is 6.18 Å². The number of carboxylic acids is 1. The average Bonchev–Trinajstić information content (AvgIpc) is 2.38. The van der Waals surface area contributed by atoms with E-state index in [2.05, 4.69) is 4.98 Å². The Labute approximate surface area is 106 Å². The van der Waals surface area contributed by atoms with Crippen LogP contribution in [0.25, 0.3) is 11.1 Å². The van der Waals surface area contributed by atoms with Crippen LogP contribution in [-0.4, -0.2) is 16.1 Å². The van der Waals surface area contributed by atoms with Gasteiger partial charge in [0.15, 0.2) is 0 Å². The fourth-order valence-corrected chi connectivity index (χ4v) is 1.70. The molecule has 0 fully saturated rings. The molecule has 0 saturated carbocycles. The van der Waals surface area contributed by atoms with E-state index in [1.165, 1.54) is 30.5 Å². The van der Waals surface area contributed by atoms with E-state index in [0.717, 1.165) is 12.1 Å². The molecule has 0 saturated heterocycles. The molecule has 0 aliphatic rings. The van der Waals surface area contributed by atoms with Gasteiger partial charge in [-0.15, -0.1) is 0 Å². The molecule has 6 heteroatoms. The van der Waals surface area contributed by atoms with E-state index in [1.54, 1.807) is 0 Å². The summed E-state index contributed by atoms with van der Waals surface area (Å²) in [6.45, 7) is 0. The van der Waals surface area contributed by atoms with Gasteiger partial charge in [-0.05, 0) is 29.3 Å². The largest absolute Gasteiger partial charge is 0.477 e. The number of carboxylic acid groups (broad SMARTS) is 1. The molecule has 98 valence electrons. The van der Waals surface area contributed by atoms with Gasteiger partial charge in [0.2, 0.25) is 0 Å². The van der Waals surface area contributed by atoms with Crippen molar-refractivity contribution < 1.29 is 23.1 Å². The number of nitrogens with zero attached hydrogens (tertiary/aromatic N) is 1. The number of hydrogen-bond donors (Lipinski definition) is 1. The monoisotopic (exact) mass is 267 g/mol. The molecule has 0 bridgehead atoms. The van der Waals surface area contributed by atoms with Crippen LogP contribution in [0.4, 0.5) is 13.2 Å². The second-order valence-electron chi connectivity index (χ2n) is 3.78. The van der Waals surface area contributed by atoms with Crippen LogP contribution in [0, 0.1) is 0 Å². The lowest BCUT2D eigenvalue weighted by molar-refractivity contribution is -0.137. The van der Waals surface area contributed by atoms with Crippen molar-refractivity contribution in [3.8, 4) is 11.1 Å². The second kappa shape index (κ2) is 4.72. The van der Waals surface area contributed by atoms with Crippen LogP contribution < -0.4 is 0 Å². The fourth-order valence-electron chi connectivity index (χ4n) is 1.70. The predicted octanol–water partition coefficient (Wildman–Crippen LogP) is 3.47. The summed E-state index contributed by atoms with van der Waals surface area (Å²) in [5.74, 6) is -1.29. The molecule has 0 amide bonds. The minimum absolute atomic E-state index is 0.0695. The Bertz CT molecular complexity index is 623. The molecule has 0 atom stereocenters. The number of alkyl halides is 3. The maximum atomic E-state index is 12.9. The Morgan fingerprint density at radius 2 is 1.84 bits per heavy atom. The molecule has 0 aliphatic heterocycles. The predicted molar refractivity (Wildman–Crippen MR) is 61.6 cm³/mol. The summed E-state index contributed by atoms with van der Waals surface area (Å²) in [5.41, 5.74) is -1.01. The first-order valence-electron chi connectivity index (χ1n) is 5.25. The molecule has 19 heavy (non-hydrogen) atoms. The van der Waals surface area contributed by atoms with Crippen LogP contribution in [-0.2, 0) is 6.18 Å². The average molecular weight is 267 g/mol. The summed E-state index contributed by atoms with van der Waals surface area (Å²) in [7, 11) is 0. The van der Waals surface area contributed by atoms with Gasteiger partial charge in [0, 0.05) is 6.20 Å². The lowest BCUT2D eigenvalue weighted by atomic mass is 9.99. The summed E-state index contributed by atoms with van der Waals surface area (Å²) in [4.78, 5) is 14.4. The number of benzene rings is 1. The molecule has 0 unspecified atom stereocenters. The second-order valence-corrected chi connectivity index (χ2v) is 3.78. The number of halogens is 3. The van der Waals surface area contributed by atoms with Gasteiger partial charge in [-0.2, -0.15) is 13.2 Å². The number of pyridine rings is 1.